The van der Waals surface area contributed by atoms with Crippen molar-refractivity contribution < 1.29 is 4.52 Å². The molecular weight excluding hydrogens is 218 g/mol. The molecule has 0 amide bonds. The number of hydrogen-bond acceptors (Lipinski definition) is 5. The number of rotatable bonds is 4. The average molecular weight is 235 g/mol. The quantitative estimate of drug-likeness (QED) is 0.868. The number of aryl methyl sites for hydroxylation is 1. The first-order chi connectivity index (χ1) is 8.08. The van der Waals surface area contributed by atoms with Gasteiger partial charge in [-0.15, -0.1) is 0 Å². The molecule has 0 saturated heterocycles. The largest absolute Gasteiger partial charge is 0.337 e. The molecule has 0 aliphatic heterocycles. The van der Waals surface area contributed by atoms with Gasteiger partial charge >= 0.3 is 0 Å². The second kappa shape index (κ2) is 4.67. The topological polar surface area (TPSA) is 82.8 Å². The van der Waals surface area contributed by atoms with Crippen LogP contribution in [-0.2, 0) is 7.05 Å². The molecule has 2 aromatic rings. The highest BCUT2D eigenvalue weighted by molar-refractivity contribution is 5.47. The maximum absolute atomic E-state index is 5.98. The van der Waals surface area contributed by atoms with E-state index in [0.717, 1.165) is 12.1 Å². The molecule has 1 atom stereocenters. The van der Waals surface area contributed by atoms with Gasteiger partial charge in [0.1, 0.15) is 5.69 Å². The summed E-state index contributed by atoms with van der Waals surface area (Å²) in [5.74, 6) is 1.51. The highest BCUT2D eigenvalue weighted by atomic mass is 16.5. The highest BCUT2D eigenvalue weighted by Gasteiger charge is 2.17. The van der Waals surface area contributed by atoms with Crippen LogP contribution in [0, 0.1) is 5.92 Å². The first-order valence-electron chi connectivity index (χ1n) is 5.63. The lowest BCUT2D eigenvalue weighted by Gasteiger charge is -2.08. The Hall–Kier alpha value is -1.69. The van der Waals surface area contributed by atoms with Crippen molar-refractivity contribution in [3.8, 4) is 11.5 Å². The van der Waals surface area contributed by atoms with Crippen LogP contribution in [0.25, 0.3) is 11.5 Å². The van der Waals surface area contributed by atoms with E-state index in [1.54, 1.807) is 12.5 Å². The molecule has 0 bridgehead atoms. The second-order valence-electron chi connectivity index (χ2n) is 4.58. The fourth-order valence-electron chi connectivity index (χ4n) is 1.67. The Balaban J connectivity index is 2.19. The molecule has 0 aliphatic carbocycles. The van der Waals surface area contributed by atoms with E-state index < -0.39 is 0 Å². The summed E-state index contributed by atoms with van der Waals surface area (Å²) in [5.41, 5.74) is 6.80. The fraction of sp³-hybridized carbons (Fsp3) is 0.545. The highest BCUT2D eigenvalue weighted by Crippen LogP contribution is 2.20. The lowest BCUT2D eigenvalue weighted by Crippen LogP contribution is -2.13. The summed E-state index contributed by atoms with van der Waals surface area (Å²) >= 11 is 0. The minimum Gasteiger partial charge on any atom is -0.337 e. The van der Waals surface area contributed by atoms with Crippen LogP contribution in [0.4, 0.5) is 0 Å². The number of nitrogens with zero attached hydrogens (tertiary/aromatic N) is 4. The van der Waals surface area contributed by atoms with E-state index in [1.807, 2.05) is 11.6 Å². The van der Waals surface area contributed by atoms with Gasteiger partial charge in [-0.3, -0.25) is 0 Å². The number of nitrogens with two attached hydrogens (primary N) is 1. The van der Waals surface area contributed by atoms with Crippen molar-refractivity contribution in [2.45, 2.75) is 26.3 Å². The molecule has 6 nitrogen and oxygen atoms in total. The van der Waals surface area contributed by atoms with Gasteiger partial charge in [-0.2, -0.15) is 4.98 Å². The Morgan fingerprint density at radius 3 is 2.82 bits per heavy atom. The summed E-state index contributed by atoms with van der Waals surface area (Å²) in [6.45, 7) is 4.22. The van der Waals surface area contributed by atoms with Crippen molar-refractivity contribution in [3.63, 3.8) is 0 Å². The third-order valence-electron chi connectivity index (χ3n) is 2.53. The van der Waals surface area contributed by atoms with Gasteiger partial charge in [0, 0.05) is 7.05 Å². The monoisotopic (exact) mass is 235 g/mol. The molecule has 0 aliphatic rings. The molecule has 0 fully saturated rings. The van der Waals surface area contributed by atoms with Gasteiger partial charge in [-0.1, -0.05) is 19.0 Å². The van der Waals surface area contributed by atoms with Crippen LogP contribution < -0.4 is 5.73 Å². The van der Waals surface area contributed by atoms with Crippen LogP contribution in [0.1, 0.15) is 32.2 Å². The van der Waals surface area contributed by atoms with Crippen LogP contribution in [0.5, 0.6) is 0 Å². The van der Waals surface area contributed by atoms with E-state index in [9.17, 15) is 0 Å². The molecule has 0 unspecified atom stereocenters. The minimum atomic E-state index is -0.204. The van der Waals surface area contributed by atoms with Gasteiger partial charge in [0.05, 0.1) is 18.6 Å². The molecule has 0 spiro atoms. The molecule has 17 heavy (non-hydrogen) atoms. The molecule has 2 aromatic heterocycles. The van der Waals surface area contributed by atoms with Gasteiger partial charge in [-0.05, 0) is 12.3 Å². The van der Waals surface area contributed by atoms with Crippen molar-refractivity contribution in [1.82, 2.24) is 19.7 Å². The zero-order chi connectivity index (χ0) is 12.4. The normalized spacial score (nSPS) is 13.2. The van der Waals surface area contributed by atoms with Crippen molar-refractivity contribution >= 4 is 0 Å². The molecule has 2 N–H and O–H groups in total. The standard InChI is InChI=1S/C11H17N5O/c1-7(2)4-8(12)11-14-10(15-17-11)9-5-13-6-16(9)3/h5-8H,4,12H2,1-3H3/t8-/m1/s1. The van der Waals surface area contributed by atoms with Crippen LogP contribution in [0.15, 0.2) is 17.0 Å². The van der Waals surface area contributed by atoms with Gasteiger partial charge in [0.2, 0.25) is 11.7 Å². The van der Waals surface area contributed by atoms with E-state index >= 15 is 0 Å². The van der Waals surface area contributed by atoms with E-state index in [4.69, 9.17) is 10.3 Å². The second-order valence-corrected chi connectivity index (χ2v) is 4.58. The molecule has 92 valence electrons. The van der Waals surface area contributed by atoms with Crippen LogP contribution in [-0.4, -0.2) is 19.7 Å². The number of hydrogen-bond donors (Lipinski definition) is 1. The zero-order valence-electron chi connectivity index (χ0n) is 10.3. The van der Waals surface area contributed by atoms with Crippen molar-refractivity contribution in [1.29, 1.82) is 0 Å². The Bertz CT molecular complexity index is 488. The molecule has 0 aromatic carbocycles. The summed E-state index contributed by atoms with van der Waals surface area (Å²) < 4.78 is 7.01. The van der Waals surface area contributed by atoms with Gasteiger partial charge in [0.15, 0.2) is 0 Å². The average Bonchev–Trinajstić information content (AvgIpc) is 2.84. The van der Waals surface area contributed by atoms with Crippen LogP contribution in [0.3, 0.4) is 0 Å². The minimum absolute atomic E-state index is 0.204. The first kappa shape index (κ1) is 11.8. The van der Waals surface area contributed by atoms with Gasteiger partial charge in [-0.25, -0.2) is 4.98 Å². The smallest absolute Gasteiger partial charge is 0.243 e. The maximum Gasteiger partial charge on any atom is 0.243 e. The van der Waals surface area contributed by atoms with Crippen molar-refractivity contribution in [3.05, 3.63) is 18.4 Å². The Kier molecular flexibility index (Phi) is 3.23. The maximum atomic E-state index is 5.98. The molecular formula is C11H17N5O. The van der Waals surface area contributed by atoms with Gasteiger partial charge in [0.25, 0.3) is 0 Å². The van der Waals surface area contributed by atoms with Gasteiger partial charge < -0.3 is 14.8 Å². The molecule has 0 saturated carbocycles. The summed E-state index contributed by atoms with van der Waals surface area (Å²) in [4.78, 5) is 8.31. The SMILES string of the molecule is CC(C)C[C@@H](N)c1nc(-c2cncn2C)no1. The summed E-state index contributed by atoms with van der Waals surface area (Å²) in [6.07, 6.45) is 4.22. The molecule has 2 heterocycles. The van der Waals surface area contributed by atoms with Crippen LogP contribution >= 0.6 is 0 Å². The summed E-state index contributed by atoms with van der Waals surface area (Å²) in [6, 6.07) is -0.204. The first-order valence-corrected chi connectivity index (χ1v) is 5.63. The Morgan fingerprint density at radius 2 is 2.24 bits per heavy atom. The molecule has 0 radical (unpaired) electrons. The Morgan fingerprint density at radius 1 is 1.47 bits per heavy atom. The predicted molar refractivity (Wildman–Crippen MR) is 62.9 cm³/mol. The van der Waals surface area contributed by atoms with E-state index in [0.29, 0.717) is 17.6 Å². The predicted octanol–water partition coefficient (Wildman–Crippen LogP) is 1.52. The summed E-state index contributed by atoms with van der Waals surface area (Å²) in [5, 5.41) is 3.92. The molecule has 6 heteroatoms. The fourth-order valence-corrected chi connectivity index (χ4v) is 1.67. The van der Waals surface area contributed by atoms with E-state index in [-0.39, 0.29) is 6.04 Å². The lowest BCUT2D eigenvalue weighted by molar-refractivity contribution is 0.335. The summed E-state index contributed by atoms with van der Waals surface area (Å²) in [7, 11) is 1.88. The zero-order valence-corrected chi connectivity index (χ0v) is 10.3. The number of aromatic nitrogens is 4. The molecule has 2 rings (SSSR count). The number of imidazole rings is 1. The third-order valence-corrected chi connectivity index (χ3v) is 2.53. The van der Waals surface area contributed by atoms with E-state index in [1.165, 1.54) is 0 Å². The van der Waals surface area contributed by atoms with Crippen molar-refractivity contribution in [2.24, 2.45) is 18.7 Å². The van der Waals surface area contributed by atoms with Crippen molar-refractivity contribution in [2.75, 3.05) is 0 Å². The Labute approximate surface area is 99.8 Å². The third kappa shape index (κ3) is 2.52. The van der Waals surface area contributed by atoms with E-state index in [2.05, 4.69) is 29.0 Å². The lowest BCUT2D eigenvalue weighted by atomic mass is 10.0. The van der Waals surface area contributed by atoms with Crippen LogP contribution in [0.2, 0.25) is 0 Å².